The van der Waals surface area contributed by atoms with Crippen LogP contribution in [0.15, 0.2) is 53.7 Å². The van der Waals surface area contributed by atoms with Gasteiger partial charge < -0.3 is 4.90 Å². The Morgan fingerprint density at radius 3 is 2.40 bits per heavy atom. The van der Waals surface area contributed by atoms with E-state index in [1.807, 2.05) is 42.2 Å². The van der Waals surface area contributed by atoms with Crippen molar-refractivity contribution < 1.29 is 4.79 Å². The molecule has 1 saturated heterocycles. The van der Waals surface area contributed by atoms with Crippen molar-refractivity contribution in [2.45, 2.75) is 50.4 Å². The van der Waals surface area contributed by atoms with E-state index in [0.29, 0.717) is 0 Å². The maximum absolute atomic E-state index is 13.0. The van der Waals surface area contributed by atoms with E-state index in [-0.39, 0.29) is 11.2 Å². The van der Waals surface area contributed by atoms with Gasteiger partial charge in [-0.3, -0.25) is 9.36 Å². The van der Waals surface area contributed by atoms with E-state index in [1.165, 1.54) is 29.3 Å². The molecule has 1 aliphatic rings. The normalized spacial score (nSPS) is 15.2. The molecule has 0 saturated carbocycles. The average molecular weight is 421 g/mol. The minimum Gasteiger partial charge on any atom is -0.342 e. The van der Waals surface area contributed by atoms with Gasteiger partial charge in [0.2, 0.25) is 5.91 Å². The number of carbonyl (C=O) groups excluding carboxylic acids is 1. The van der Waals surface area contributed by atoms with Gasteiger partial charge in [-0.05, 0) is 63.3 Å². The second kappa shape index (κ2) is 9.04. The number of piperidine rings is 1. The number of aromatic nitrogens is 3. The van der Waals surface area contributed by atoms with Crippen molar-refractivity contribution in [3.05, 3.63) is 59.7 Å². The standard InChI is InChI=1S/C24H28N4OS/c1-17-12-13-21(16-18(17)2)28-22(20-10-6-4-7-11-20)25-26-24(28)30-19(3)23(29)27-14-8-5-9-15-27/h4,6-7,10-13,16,19H,5,8-9,14-15H2,1-3H3. The van der Waals surface area contributed by atoms with Crippen LogP contribution in [0, 0.1) is 13.8 Å². The highest BCUT2D eigenvalue weighted by Gasteiger charge is 2.26. The highest BCUT2D eigenvalue weighted by molar-refractivity contribution is 8.00. The molecule has 0 aliphatic carbocycles. The molecule has 0 bridgehead atoms. The zero-order valence-electron chi connectivity index (χ0n) is 17.8. The Morgan fingerprint density at radius 1 is 0.967 bits per heavy atom. The van der Waals surface area contributed by atoms with Gasteiger partial charge in [-0.2, -0.15) is 0 Å². The van der Waals surface area contributed by atoms with E-state index in [2.05, 4.69) is 46.8 Å². The van der Waals surface area contributed by atoms with Gasteiger partial charge in [0.05, 0.1) is 10.9 Å². The molecule has 1 fully saturated rings. The lowest BCUT2D eigenvalue weighted by Crippen LogP contribution is -2.40. The van der Waals surface area contributed by atoms with Gasteiger partial charge in [0.25, 0.3) is 0 Å². The Hall–Kier alpha value is -2.60. The number of likely N-dealkylation sites (tertiary alicyclic amines) is 1. The summed E-state index contributed by atoms with van der Waals surface area (Å²) in [4.78, 5) is 15.0. The smallest absolute Gasteiger partial charge is 0.235 e. The van der Waals surface area contributed by atoms with Crippen LogP contribution in [0.5, 0.6) is 0 Å². The topological polar surface area (TPSA) is 51.0 Å². The fourth-order valence-electron chi connectivity index (χ4n) is 3.80. The Bertz CT molecular complexity index is 1020. The predicted octanol–water partition coefficient (Wildman–Crippen LogP) is 5.04. The SMILES string of the molecule is Cc1ccc(-n2c(SC(C)C(=O)N3CCCCC3)nnc2-c2ccccc2)cc1C. The highest BCUT2D eigenvalue weighted by Crippen LogP contribution is 2.31. The van der Waals surface area contributed by atoms with Crippen molar-refractivity contribution in [1.82, 2.24) is 19.7 Å². The maximum Gasteiger partial charge on any atom is 0.235 e. The van der Waals surface area contributed by atoms with Crippen LogP contribution < -0.4 is 0 Å². The summed E-state index contributed by atoms with van der Waals surface area (Å²) in [6, 6.07) is 16.5. The molecule has 4 rings (SSSR count). The van der Waals surface area contributed by atoms with Crippen LogP contribution in [0.2, 0.25) is 0 Å². The summed E-state index contributed by atoms with van der Waals surface area (Å²) in [5, 5.41) is 9.54. The van der Waals surface area contributed by atoms with Gasteiger partial charge in [-0.25, -0.2) is 0 Å². The average Bonchev–Trinajstić information content (AvgIpc) is 3.19. The van der Waals surface area contributed by atoms with Crippen LogP contribution in [-0.4, -0.2) is 43.9 Å². The number of hydrogen-bond donors (Lipinski definition) is 0. The lowest BCUT2D eigenvalue weighted by atomic mass is 10.1. The van der Waals surface area contributed by atoms with Gasteiger partial charge in [0.15, 0.2) is 11.0 Å². The summed E-state index contributed by atoms with van der Waals surface area (Å²) >= 11 is 1.49. The Labute approximate surface area is 182 Å². The lowest BCUT2D eigenvalue weighted by molar-refractivity contribution is -0.131. The first-order chi connectivity index (χ1) is 14.5. The molecular weight excluding hydrogens is 392 g/mol. The Balaban J connectivity index is 1.70. The van der Waals surface area contributed by atoms with E-state index in [9.17, 15) is 4.79 Å². The number of thioether (sulfide) groups is 1. The molecule has 2 heterocycles. The maximum atomic E-state index is 13.0. The Morgan fingerprint density at radius 2 is 1.70 bits per heavy atom. The van der Waals surface area contributed by atoms with Crippen molar-refractivity contribution in [3.63, 3.8) is 0 Å². The molecule has 2 aromatic carbocycles. The second-order valence-electron chi connectivity index (χ2n) is 7.92. The summed E-state index contributed by atoms with van der Waals surface area (Å²) in [5.41, 5.74) is 4.48. The molecule has 0 N–H and O–H groups in total. The van der Waals surface area contributed by atoms with E-state index >= 15 is 0 Å². The molecule has 1 unspecified atom stereocenters. The summed E-state index contributed by atoms with van der Waals surface area (Å²) in [6.07, 6.45) is 3.41. The zero-order valence-corrected chi connectivity index (χ0v) is 18.7. The van der Waals surface area contributed by atoms with Crippen molar-refractivity contribution in [2.24, 2.45) is 0 Å². The van der Waals surface area contributed by atoms with E-state index in [0.717, 1.165) is 48.2 Å². The van der Waals surface area contributed by atoms with Crippen molar-refractivity contribution in [2.75, 3.05) is 13.1 Å². The van der Waals surface area contributed by atoms with Crippen LogP contribution in [0.4, 0.5) is 0 Å². The second-order valence-corrected chi connectivity index (χ2v) is 9.23. The van der Waals surface area contributed by atoms with Crippen LogP contribution in [0.25, 0.3) is 17.1 Å². The van der Waals surface area contributed by atoms with Gasteiger partial charge in [-0.15, -0.1) is 10.2 Å². The molecule has 1 aliphatic heterocycles. The molecule has 1 aromatic heterocycles. The van der Waals surface area contributed by atoms with Crippen LogP contribution in [0.1, 0.15) is 37.3 Å². The fourth-order valence-corrected chi connectivity index (χ4v) is 4.75. The lowest BCUT2D eigenvalue weighted by Gasteiger charge is -2.28. The van der Waals surface area contributed by atoms with Crippen LogP contribution in [0.3, 0.4) is 0 Å². The number of rotatable bonds is 5. The molecular formula is C24H28N4OS. The molecule has 1 amide bonds. The quantitative estimate of drug-likeness (QED) is 0.542. The number of nitrogens with zero attached hydrogens (tertiary/aromatic N) is 4. The summed E-state index contributed by atoms with van der Waals surface area (Å²) in [7, 11) is 0. The van der Waals surface area contributed by atoms with E-state index in [4.69, 9.17) is 0 Å². The molecule has 1 atom stereocenters. The molecule has 5 nitrogen and oxygen atoms in total. The monoisotopic (exact) mass is 420 g/mol. The van der Waals surface area contributed by atoms with Crippen LogP contribution >= 0.6 is 11.8 Å². The molecule has 3 aromatic rings. The first kappa shape index (κ1) is 20.7. The summed E-state index contributed by atoms with van der Waals surface area (Å²) in [6.45, 7) is 7.92. The third-order valence-corrected chi connectivity index (χ3v) is 6.74. The third-order valence-electron chi connectivity index (χ3n) is 5.71. The van der Waals surface area contributed by atoms with Gasteiger partial charge in [0.1, 0.15) is 0 Å². The third kappa shape index (κ3) is 4.29. The number of aryl methyl sites for hydroxylation is 2. The van der Waals surface area contributed by atoms with Crippen LogP contribution in [-0.2, 0) is 4.79 Å². The summed E-state index contributed by atoms with van der Waals surface area (Å²) < 4.78 is 2.08. The molecule has 30 heavy (non-hydrogen) atoms. The zero-order chi connectivity index (χ0) is 21.1. The van der Waals surface area contributed by atoms with E-state index < -0.39 is 0 Å². The Kier molecular flexibility index (Phi) is 6.23. The first-order valence-electron chi connectivity index (χ1n) is 10.6. The first-order valence-corrected chi connectivity index (χ1v) is 11.5. The summed E-state index contributed by atoms with van der Waals surface area (Å²) in [5.74, 6) is 0.981. The predicted molar refractivity (Wildman–Crippen MR) is 122 cm³/mol. The van der Waals surface area contributed by atoms with Gasteiger partial charge in [-0.1, -0.05) is 48.2 Å². The largest absolute Gasteiger partial charge is 0.342 e. The molecule has 156 valence electrons. The van der Waals surface area contributed by atoms with E-state index in [1.54, 1.807) is 0 Å². The molecule has 6 heteroatoms. The number of hydrogen-bond acceptors (Lipinski definition) is 4. The van der Waals surface area contributed by atoms with Crippen molar-refractivity contribution in [3.8, 4) is 17.1 Å². The van der Waals surface area contributed by atoms with Gasteiger partial charge >= 0.3 is 0 Å². The minimum atomic E-state index is -0.207. The highest BCUT2D eigenvalue weighted by atomic mass is 32.2. The van der Waals surface area contributed by atoms with Gasteiger partial charge in [0, 0.05) is 18.7 Å². The number of amides is 1. The number of carbonyl (C=O) groups is 1. The molecule has 0 spiro atoms. The molecule has 0 radical (unpaired) electrons. The fraction of sp³-hybridized carbons (Fsp3) is 0.375. The number of benzene rings is 2. The van der Waals surface area contributed by atoms with Crippen molar-refractivity contribution >= 4 is 17.7 Å². The van der Waals surface area contributed by atoms with Crippen molar-refractivity contribution in [1.29, 1.82) is 0 Å². The minimum absolute atomic E-state index is 0.190.